The van der Waals surface area contributed by atoms with E-state index in [1.165, 1.54) is 30.8 Å². The fraction of sp³-hybridized carbons (Fsp3) is 0.650. The van der Waals surface area contributed by atoms with Gasteiger partial charge in [0, 0.05) is 24.5 Å². The number of hydrogen-bond acceptors (Lipinski definition) is 3. The molecule has 1 aromatic rings. The van der Waals surface area contributed by atoms with Crippen molar-refractivity contribution in [3.63, 3.8) is 0 Å². The summed E-state index contributed by atoms with van der Waals surface area (Å²) in [6.07, 6.45) is 4.83. The molecule has 0 radical (unpaired) electrons. The number of unbranched alkanes of at least 4 members (excludes halogenated alkanes) is 1. The molecule has 24 heavy (non-hydrogen) atoms. The summed E-state index contributed by atoms with van der Waals surface area (Å²) in [4.78, 5) is 18.4. The first-order valence-corrected chi connectivity index (χ1v) is 10.2. The molecular formula is C20H32N2OS. The molecule has 1 fully saturated rings. The Hall–Kier alpha value is -1.00. The first-order valence-electron chi connectivity index (χ1n) is 9.29. The van der Waals surface area contributed by atoms with Crippen molar-refractivity contribution in [3.05, 3.63) is 30.3 Å². The summed E-state index contributed by atoms with van der Waals surface area (Å²) >= 11 is 1.67. The third kappa shape index (κ3) is 6.14. The normalized spacial score (nSPS) is 17.2. The Balaban J connectivity index is 1.74. The first kappa shape index (κ1) is 19.3. The maximum atomic E-state index is 12.7. The van der Waals surface area contributed by atoms with Crippen molar-refractivity contribution in [2.24, 2.45) is 5.92 Å². The van der Waals surface area contributed by atoms with Gasteiger partial charge in [0.25, 0.3) is 0 Å². The van der Waals surface area contributed by atoms with Gasteiger partial charge in [-0.1, -0.05) is 31.5 Å². The van der Waals surface area contributed by atoms with Gasteiger partial charge >= 0.3 is 0 Å². The van der Waals surface area contributed by atoms with Gasteiger partial charge in [0.2, 0.25) is 5.91 Å². The summed E-state index contributed by atoms with van der Waals surface area (Å²) in [7, 11) is 2.23. The molecule has 1 unspecified atom stereocenters. The molecule has 1 aliphatic heterocycles. The second kappa shape index (κ2) is 10.1. The lowest BCUT2D eigenvalue weighted by molar-refractivity contribution is -0.131. The first-order chi connectivity index (χ1) is 11.6. The van der Waals surface area contributed by atoms with Gasteiger partial charge in [-0.3, -0.25) is 4.79 Å². The molecule has 1 aromatic carbocycles. The highest BCUT2D eigenvalue weighted by atomic mass is 32.2. The second-order valence-electron chi connectivity index (χ2n) is 6.96. The zero-order chi connectivity index (χ0) is 17.4. The van der Waals surface area contributed by atoms with Crippen molar-refractivity contribution in [1.29, 1.82) is 0 Å². The predicted octanol–water partition coefficient (Wildman–Crippen LogP) is 4.14. The van der Waals surface area contributed by atoms with Crippen molar-refractivity contribution in [2.75, 3.05) is 33.2 Å². The van der Waals surface area contributed by atoms with Gasteiger partial charge in [0.05, 0.1) is 5.25 Å². The second-order valence-corrected chi connectivity index (χ2v) is 8.37. The fourth-order valence-corrected chi connectivity index (χ4v) is 4.28. The van der Waals surface area contributed by atoms with E-state index in [2.05, 4.69) is 35.9 Å². The molecule has 0 saturated carbocycles. The van der Waals surface area contributed by atoms with Crippen LogP contribution in [0, 0.1) is 5.92 Å². The number of carbonyl (C=O) groups excluding carboxylic acids is 1. The molecule has 1 aliphatic rings. The summed E-state index contributed by atoms with van der Waals surface area (Å²) in [5.41, 5.74) is 0. The zero-order valence-corrected chi connectivity index (χ0v) is 16.2. The lowest BCUT2D eigenvalue weighted by atomic mass is 9.96. The molecule has 0 N–H and O–H groups in total. The molecule has 0 spiro atoms. The van der Waals surface area contributed by atoms with Crippen LogP contribution in [0.2, 0.25) is 0 Å². The minimum atomic E-state index is -0.00354. The van der Waals surface area contributed by atoms with Crippen LogP contribution >= 0.6 is 11.8 Å². The number of piperidine rings is 1. The molecule has 1 atom stereocenters. The summed E-state index contributed by atoms with van der Waals surface area (Å²) in [6.45, 7) is 8.49. The van der Waals surface area contributed by atoms with E-state index < -0.39 is 0 Å². The number of hydrogen-bond donors (Lipinski definition) is 0. The molecule has 1 saturated heterocycles. The van der Waals surface area contributed by atoms with E-state index in [0.29, 0.717) is 5.91 Å². The summed E-state index contributed by atoms with van der Waals surface area (Å²) < 4.78 is 0. The topological polar surface area (TPSA) is 23.6 Å². The largest absolute Gasteiger partial charge is 0.342 e. The average molecular weight is 349 g/mol. The molecule has 3 nitrogen and oxygen atoms in total. The van der Waals surface area contributed by atoms with Crippen molar-refractivity contribution < 1.29 is 4.79 Å². The van der Waals surface area contributed by atoms with E-state index in [4.69, 9.17) is 0 Å². The third-order valence-electron chi connectivity index (χ3n) is 4.79. The lowest BCUT2D eigenvalue weighted by Gasteiger charge is -2.35. The average Bonchev–Trinajstić information content (AvgIpc) is 2.61. The molecule has 0 aliphatic carbocycles. The van der Waals surface area contributed by atoms with E-state index in [1.807, 2.05) is 25.1 Å². The Bertz CT molecular complexity index is 486. The highest BCUT2D eigenvalue weighted by molar-refractivity contribution is 8.00. The summed E-state index contributed by atoms with van der Waals surface area (Å²) in [5, 5.41) is -0.00354. The summed E-state index contributed by atoms with van der Waals surface area (Å²) in [5.74, 6) is 1.04. The van der Waals surface area contributed by atoms with E-state index in [1.54, 1.807) is 11.8 Å². The number of benzene rings is 1. The van der Waals surface area contributed by atoms with Crippen molar-refractivity contribution in [3.8, 4) is 0 Å². The number of carbonyl (C=O) groups is 1. The minimum absolute atomic E-state index is 0.00354. The lowest BCUT2D eigenvalue weighted by Crippen LogP contribution is -2.44. The highest BCUT2D eigenvalue weighted by Gasteiger charge is 2.26. The van der Waals surface area contributed by atoms with Crippen LogP contribution in [0.3, 0.4) is 0 Å². The van der Waals surface area contributed by atoms with Gasteiger partial charge in [-0.15, -0.1) is 11.8 Å². The quantitative estimate of drug-likeness (QED) is 0.660. The maximum absolute atomic E-state index is 12.7. The molecule has 4 heteroatoms. The van der Waals surface area contributed by atoms with E-state index in [9.17, 15) is 4.79 Å². The number of amides is 1. The highest BCUT2D eigenvalue weighted by Crippen LogP contribution is 2.26. The third-order valence-corrected chi connectivity index (χ3v) is 5.89. The van der Waals surface area contributed by atoms with Crippen LogP contribution in [0.25, 0.3) is 0 Å². The summed E-state index contributed by atoms with van der Waals surface area (Å²) in [6, 6.07) is 10.2. The van der Waals surface area contributed by atoms with Crippen molar-refractivity contribution >= 4 is 17.7 Å². The Kier molecular flexibility index (Phi) is 8.13. The molecule has 1 heterocycles. The predicted molar refractivity (Wildman–Crippen MR) is 103 cm³/mol. The maximum Gasteiger partial charge on any atom is 0.235 e. The Morgan fingerprint density at radius 1 is 1.29 bits per heavy atom. The van der Waals surface area contributed by atoms with Crippen LogP contribution in [-0.4, -0.2) is 54.2 Å². The molecular weight excluding hydrogens is 316 g/mol. The number of likely N-dealkylation sites (tertiary alicyclic amines) is 1. The Labute approximate surface area is 151 Å². The zero-order valence-electron chi connectivity index (χ0n) is 15.4. The standard InChI is InChI=1S/C20H32N2OS/c1-4-5-13-21(3)16-18-11-14-22(15-12-18)20(23)17(2)24-19-9-7-6-8-10-19/h6-10,17-18H,4-5,11-16H2,1-3H3. The van der Waals surface area contributed by atoms with Crippen molar-refractivity contribution in [2.45, 2.75) is 49.7 Å². The van der Waals surface area contributed by atoms with Crippen LogP contribution in [0.5, 0.6) is 0 Å². The van der Waals surface area contributed by atoms with Crippen molar-refractivity contribution in [1.82, 2.24) is 9.80 Å². The molecule has 0 bridgehead atoms. The number of nitrogens with zero attached hydrogens (tertiary/aromatic N) is 2. The van der Waals surface area contributed by atoms with Gasteiger partial charge in [0.1, 0.15) is 0 Å². The van der Waals surface area contributed by atoms with Gasteiger partial charge in [0.15, 0.2) is 0 Å². The van der Waals surface area contributed by atoms with Gasteiger partial charge in [-0.2, -0.15) is 0 Å². The minimum Gasteiger partial charge on any atom is -0.342 e. The Morgan fingerprint density at radius 3 is 2.58 bits per heavy atom. The van der Waals surface area contributed by atoms with Gasteiger partial charge in [-0.25, -0.2) is 0 Å². The SMILES string of the molecule is CCCCN(C)CC1CCN(C(=O)C(C)Sc2ccccc2)CC1. The van der Waals surface area contributed by atoms with Crippen LogP contribution < -0.4 is 0 Å². The van der Waals surface area contributed by atoms with E-state index in [-0.39, 0.29) is 5.25 Å². The van der Waals surface area contributed by atoms with Crippen LogP contribution in [0.15, 0.2) is 35.2 Å². The Morgan fingerprint density at radius 2 is 1.96 bits per heavy atom. The van der Waals surface area contributed by atoms with Crippen LogP contribution in [-0.2, 0) is 4.79 Å². The fourth-order valence-electron chi connectivity index (χ4n) is 3.31. The van der Waals surface area contributed by atoms with E-state index in [0.717, 1.165) is 31.8 Å². The molecule has 2 rings (SSSR count). The van der Waals surface area contributed by atoms with Crippen LogP contribution in [0.1, 0.15) is 39.5 Å². The number of rotatable bonds is 8. The van der Waals surface area contributed by atoms with E-state index >= 15 is 0 Å². The van der Waals surface area contributed by atoms with Gasteiger partial charge < -0.3 is 9.80 Å². The molecule has 0 aromatic heterocycles. The molecule has 1 amide bonds. The monoisotopic (exact) mass is 348 g/mol. The molecule has 134 valence electrons. The smallest absolute Gasteiger partial charge is 0.235 e. The van der Waals surface area contributed by atoms with Gasteiger partial charge in [-0.05, 0) is 57.8 Å². The number of thioether (sulfide) groups is 1. The van der Waals surface area contributed by atoms with Crippen LogP contribution in [0.4, 0.5) is 0 Å².